The molecule has 2 aromatic rings. The van der Waals surface area contributed by atoms with Gasteiger partial charge in [0.1, 0.15) is 29.3 Å². The van der Waals surface area contributed by atoms with Crippen LogP contribution in [0.3, 0.4) is 0 Å². The van der Waals surface area contributed by atoms with Crippen molar-refractivity contribution in [2.75, 3.05) is 21.3 Å². The first kappa shape index (κ1) is 48.5. The number of methoxy groups -OCH3 is 2. The number of amides is 1. The van der Waals surface area contributed by atoms with Crippen LogP contribution in [0.4, 0.5) is 0 Å². The van der Waals surface area contributed by atoms with Crippen LogP contribution in [0.5, 0.6) is 11.5 Å². The van der Waals surface area contributed by atoms with Gasteiger partial charge in [0.25, 0.3) is 5.91 Å². The van der Waals surface area contributed by atoms with Gasteiger partial charge in [-0.05, 0) is 95.5 Å². The third-order valence-corrected chi connectivity index (χ3v) is 12.2. The molecular formula is C44H64N2O14. The molecule has 16 nitrogen and oxygen atoms in total. The van der Waals surface area contributed by atoms with E-state index in [1.165, 1.54) is 52.0 Å². The highest BCUT2D eigenvalue weighted by atomic mass is 16.7. The van der Waals surface area contributed by atoms with E-state index >= 15 is 0 Å². The maximum absolute atomic E-state index is 13.7. The minimum atomic E-state index is -2.05. The smallest absolute Gasteiger partial charge is 0.365 e. The van der Waals surface area contributed by atoms with Gasteiger partial charge in [0, 0.05) is 30.4 Å². The molecule has 60 heavy (non-hydrogen) atoms. The lowest BCUT2D eigenvalue weighted by atomic mass is 9.73. The minimum absolute atomic E-state index is 0.0739. The lowest BCUT2D eigenvalue weighted by Crippen LogP contribution is -2.60. The predicted octanol–water partition coefficient (Wildman–Crippen LogP) is 3.73. The van der Waals surface area contributed by atoms with Gasteiger partial charge < -0.3 is 59.0 Å². The van der Waals surface area contributed by atoms with E-state index in [9.17, 15) is 39.9 Å². The van der Waals surface area contributed by atoms with Gasteiger partial charge in [-0.1, -0.05) is 32.9 Å². The Labute approximate surface area is 352 Å². The molecule has 1 unspecified atom stereocenters. The van der Waals surface area contributed by atoms with Gasteiger partial charge in [0.05, 0.1) is 67.5 Å². The third kappa shape index (κ3) is 10.8. The highest BCUT2D eigenvalue weighted by Gasteiger charge is 2.51. The fraction of sp³-hybridized carbons (Fsp3) is 0.636. The Hall–Kier alpha value is -4.16. The van der Waals surface area contributed by atoms with Crippen molar-refractivity contribution in [2.24, 2.45) is 28.8 Å². The molecule has 0 aliphatic carbocycles. The number of oxime groups is 1. The first-order chi connectivity index (χ1) is 28.1. The molecule has 0 spiro atoms. The zero-order valence-corrected chi connectivity index (χ0v) is 36.5. The highest BCUT2D eigenvalue weighted by Crippen LogP contribution is 2.38. The van der Waals surface area contributed by atoms with Crippen molar-refractivity contribution in [2.45, 2.75) is 135 Å². The molecule has 2 heterocycles. The van der Waals surface area contributed by atoms with E-state index in [0.717, 1.165) is 0 Å². The van der Waals surface area contributed by atoms with Gasteiger partial charge in [0.15, 0.2) is 6.29 Å². The SMILES string of the molecule is CC[C@H]1OC(=O)[C@H](C)[C@@H](O)[C@H](C)[C@@H](O[C@@H]2O[C@H](C)C[C@H](N(C)C(=O)c3ccc(OC)cc3)[C@H]2O)C(C)(O)C[C@@H](C)/C(=N\OC(=O)c2ccc(OC)cc2)[C@H](C)[C@@H](O)[C@]1(C)O. The fourth-order valence-electron chi connectivity index (χ4n) is 8.43. The Bertz CT molecular complexity index is 1780. The Morgan fingerprint density at radius 2 is 1.42 bits per heavy atom. The van der Waals surface area contributed by atoms with Crippen LogP contribution in [-0.2, 0) is 23.8 Å². The molecule has 0 radical (unpaired) electrons. The summed E-state index contributed by atoms with van der Waals surface area (Å²) in [5, 5.41) is 63.8. The maximum Gasteiger partial charge on any atom is 0.365 e. The predicted molar refractivity (Wildman–Crippen MR) is 219 cm³/mol. The molecule has 334 valence electrons. The monoisotopic (exact) mass is 844 g/mol. The molecule has 2 aliphatic heterocycles. The summed E-state index contributed by atoms with van der Waals surface area (Å²) in [6, 6.07) is 11.9. The highest BCUT2D eigenvalue weighted by molar-refractivity contribution is 5.94. The number of ether oxygens (including phenoxy) is 5. The second-order valence-corrected chi connectivity index (χ2v) is 16.8. The van der Waals surface area contributed by atoms with Gasteiger partial charge in [-0.3, -0.25) is 9.59 Å². The van der Waals surface area contributed by atoms with Crippen molar-refractivity contribution in [3.63, 3.8) is 0 Å². The van der Waals surface area contributed by atoms with Crippen molar-refractivity contribution in [3.05, 3.63) is 59.7 Å². The second-order valence-electron chi connectivity index (χ2n) is 16.8. The Morgan fingerprint density at radius 3 is 1.95 bits per heavy atom. The molecule has 2 aliphatic rings. The standard InChI is InChI=1S/C44H64N2O14/c1-12-33-44(8,54)37(49)25(4)34(45-60-41(52)29-15-19-31(56-11)20-16-29)23(2)22-43(7,53)38(26(5)35(47)27(6)40(51)58-33)59-42-36(48)32(21-24(3)57-42)46(9)39(50)28-13-17-30(55-10)18-14-28/h13-20,23-27,32-33,35-38,42,47-49,53-54H,12,21-22H2,1-11H3/b45-34+/t23-,24-,25+,26+,27-,32+,33-,35+,36-,37-,38-,42+,43?,44-/m1/s1. The molecule has 0 aromatic heterocycles. The first-order valence-electron chi connectivity index (χ1n) is 20.4. The van der Waals surface area contributed by atoms with Gasteiger partial charge >= 0.3 is 11.9 Å². The number of aliphatic hydroxyl groups is 5. The summed E-state index contributed by atoms with van der Waals surface area (Å²) >= 11 is 0. The summed E-state index contributed by atoms with van der Waals surface area (Å²) in [7, 11) is 4.57. The fourth-order valence-corrected chi connectivity index (χ4v) is 8.43. The average molecular weight is 845 g/mol. The van der Waals surface area contributed by atoms with Crippen LogP contribution >= 0.6 is 0 Å². The molecule has 16 heteroatoms. The Kier molecular flexibility index (Phi) is 16.3. The van der Waals surface area contributed by atoms with E-state index in [1.54, 1.807) is 78.1 Å². The molecule has 2 aromatic carbocycles. The summed E-state index contributed by atoms with van der Waals surface area (Å²) in [6.07, 6.45) is -9.02. The summed E-state index contributed by atoms with van der Waals surface area (Å²) in [4.78, 5) is 47.3. The van der Waals surface area contributed by atoms with E-state index in [0.29, 0.717) is 17.1 Å². The first-order valence-corrected chi connectivity index (χ1v) is 20.4. The van der Waals surface area contributed by atoms with E-state index in [1.807, 2.05) is 0 Å². The molecule has 0 bridgehead atoms. The topological polar surface area (TPSA) is 223 Å². The van der Waals surface area contributed by atoms with Crippen molar-refractivity contribution >= 4 is 23.6 Å². The Balaban J connectivity index is 1.74. The summed E-state index contributed by atoms with van der Waals surface area (Å²) < 4.78 is 28.8. The van der Waals surface area contributed by atoms with E-state index in [2.05, 4.69) is 5.16 Å². The zero-order chi connectivity index (χ0) is 44.9. The molecule has 1 amide bonds. The van der Waals surface area contributed by atoms with E-state index in [-0.39, 0.29) is 36.4 Å². The normalized spacial score (nSPS) is 36.4. The van der Waals surface area contributed by atoms with Crippen LogP contribution in [0.15, 0.2) is 53.7 Å². The maximum atomic E-state index is 13.7. The number of benzene rings is 2. The summed E-state index contributed by atoms with van der Waals surface area (Å²) in [5.41, 5.74) is -3.38. The number of aliphatic hydroxyl groups excluding tert-OH is 3. The number of carbonyl (C=O) groups is 3. The molecule has 4 rings (SSSR count). The van der Waals surface area contributed by atoms with Crippen LogP contribution < -0.4 is 9.47 Å². The number of rotatable bonds is 9. The van der Waals surface area contributed by atoms with Crippen molar-refractivity contribution in [1.29, 1.82) is 0 Å². The number of likely N-dealkylation sites (N-methyl/N-ethyl adjacent to an activating group) is 1. The van der Waals surface area contributed by atoms with Crippen LogP contribution in [0, 0.1) is 23.7 Å². The van der Waals surface area contributed by atoms with E-state index < -0.39 is 95.8 Å². The molecular weight excluding hydrogens is 780 g/mol. The van der Waals surface area contributed by atoms with Crippen molar-refractivity contribution in [3.8, 4) is 11.5 Å². The molecule has 14 atom stereocenters. The second kappa shape index (κ2) is 20.1. The summed E-state index contributed by atoms with van der Waals surface area (Å²) in [6.45, 7) is 12.5. The number of hydrogen-bond donors (Lipinski definition) is 5. The van der Waals surface area contributed by atoms with Crippen molar-refractivity contribution < 1.29 is 68.4 Å². The van der Waals surface area contributed by atoms with Crippen LogP contribution in [0.1, 0.15) is 95.4 Å². The molecule has 5 N–H and O–H groups in total. The zero-order valence-electron chi connectivity index (χ0n) is 36.5. The minimum Gasteiger partial charge on any atom is -0.497 e. The molecule has 2 saturated heterocycles. The number of carbonyl (C=O) groups excluding carboxylic acids is 3. The lowest BCUT2D eigenvalue weighted by molar-refractivity contribution is -0.298. The number of esters is 1. The quantitative estimate of drug-likeness (QED) is 0.138. The van der Waals surface area contributed by atoms with Gasteiger partial charge in [-0.2, -0.15) is 0 Å². The molecule has 0 saturated carbocycles. The van der Waals surface area contributed by atoms with Crippen LogP contribution in [-0.4, -0.2) is 135 Å². The van der Waals surface area contributed by atoms with Crippen molar-refractivity contribution in [1.82, 2.24) is 4.90 Å². The third-order valence-electron chi connectivity index (χ3n) is 12.2. The largest absolute Gasteiger partial charge is 0.497 e. The number of cyclic esters (lactones) is 1. The summed E-state index contributed by atoms with van der Waals surface area (Å²) in [5.74, 6) is -5.10. The van der Waals surface area contributed by atoms with E-state index in [4.69, 9.17) is 28.5 Å². The van der Waals surface area contributed by atoms with Crippen LogP contribution in [0.25, 0.3) is 0 Å². The van der Waals surface area contributed by atoms with Crippen LogP contribution in [0.2, 0.25) is 0 Å². The average Bonchev–Trinajstić information content (AvgIpc) is 3.23. The Morgan fingerprint density at radius 1 is 0.867 bits per heavy atom. The number of nitrogens with zero attached hydrogens (tertiary/aromatic N) is 2. The molecule has 2 fully saturated rings. The van der Waals surface area contributed by atoms with Gasteiger partial charge in [-0.15, -0.1) is 0 Å². The number of hydrogen-bond acceptors (Lipinski definition) is 15. The van der Waals surface area contributed by atoms with Gasteiger partial charge in [0.2, 0.25) is 0 Å². The lowest BCUT2D eigenvalue weighted by Gasteiger charge is -2.47. The van der Waals surface area contributed by atoms with Gasteiger partial charge in [-0.25, -0.2) is 4.79 Å².